The van der Waals surface area contributed by atoms with Gasteiger partial charge in [-0.25, -0.2) is 4.79 Å². The van der Waals surface area contributed by atoms with Gasteiger partial charge in [0, 0.05) is 5.39 Å². The first kappa shape index (κ1) is 11.3. The van der Waals surface area contributed by atoms with Gasteiger partial charge in [-0.3, -0.25) is 5.10 Å². The number of ether oxygens (including phenoxy) is 1. The number of rotatable bonds is 3. The standard InChI is InChI=1S/C14H16N2O2/c17-14(18-9-10-4-1-2-5-10)11-6-3-7-13-12(11)8-15-16-13/h3,6-8,10H,1-2,4-5,9H2,(H,15,16). The molecule has 1 heterocycles. The number of aromatic nitrogens is 2. The summed E-state index contributed by atoms with van der Waals surface area (Å²) in [5.41, 5.74) is 1.46. The summed E-state index contributed by atoms with van der Waals surface area (Å²) in [6.07, 6.45) is 6.56. The number of hydrogen-bond donors (Lipinski definition) is 1. The summed E-state index contributed by atoms with van der Waals surface area (Å²) < 4.78 is 5.41. The average molecular weight is 244 g/mol. The lowest BCUT2D eigenvalue weighted by Gasteiger charge is -2.10. The van der Waals surface area contributed by atoms with Crippen molar-refractivity contribution in [3.8, 4) is 0 Å². The highest BCUT2D eigenvalue weighted by Crippen LogP contribution is 2.25. The Morgan fingerprint density at radius 2 is 2.22 bits per heavy atom. The van der Waals surface area contributed by atoms with E-state index >= 15 is 0 Å². The fourth-order valence-corrected chi connectivity index (χ4v) is 2.59. The van der Waals surface area contributed by atoms with Crippen LogP contribution >= 0.6 is 0 Å². The predicted molar refractivity (Wildman–Crippen MR) is 68.3 cm³/mol. The molecule has 18 heavy (non-hydrogen) atoms. The molecule has 0 aliphatic heterocycles. The van der Waals surface area contributed by atoms with Crippen molar-refractivity contribution in [2.75, 3.05) is 6.61 Å². The van der Waals surface area contributed by atoms with Gasteiger partial charge in [0.05, 0.1) is 23.9 Å². The SMILES string of the molecule is O=C(OCC1CCCC1)c1cccc2[nH]ncc12. The van der Waals surface area contributed by atoms with Crippen molar-refractivity contribution in [2.24, 2.45) is 5.92 Å². The van der Waals surface area contributed by atoms with Gasteiger partial charge in [-0.2, -0.15) is 5.10 Å². The van der Waals surface area contributed by atoms with E-state index in [2.05, 4.69) is 10.2 Å². The van der Waals surface area contributed by atoms with Crippen LogP contribution in [0, 0.1) is 5.92 Å². The molecule has 1 aromatic carbocycles. The van der Waals surface area contributed by atoms with E-state index < -0.39 is 0 Å². The molecule has 4 nitrogen and oxygen atoms in total. The molecule has 1 aliphatic carbocycles. The summed E-state index contributed by atoms with van der Waals surface area (Å²) in [5.74, 6) is 0.311. The van der Waals surface area contributed by atoms with Crippen molar-refractivity contribution in [2.45, 2.75) is 25.7 Å². The number of esters is 1. The van der Waals surface area contributed by atoms with Gasteiger partial charge >= 0.3 is 5.97 Å². The number of nitrogens with one attached hydrogen (secondary N) is 1. The van der Waals surface area contributed by atoms with Gasteiger partial charge in [0.15, 0.2) is 0 Å². The van der Waals surface area contributed by atoms with Gasteiger partial charge < -0.3 is 4.74 Å². The largest absolute Gasteiger partial charge is 0.462 e. The molecule has 3 rings (SSSR count). The number of hydrogen-bond acceptors (Lipinski definition) is 3. The third kappa shape index (κ3) is 2.10. The van der Waals surface area contributed by atoms with Gasteiger partial charge in [-0.15, -0.1) is 0 Å². The van der Waals surface area contributed by atoms with E-state index in [0.717, 1.165) is 10.9 Å². The third-order valence-corrected chi connectivity index (χ3v) is 3.63. The molecule has 1 aliphatic rings. The summed E-state index contributed by atoms with van der Waals surface area (Å²) in [7, 11) is 0. The zero-order valence-electron chi connectivity index (χ0n) is 10.2. The van der Waals surface area contributed by atoms with E-state index in [1.54, 1.807) is 12.3 Å². The van der Waals surface area contributed by atoms with Crippen molar-refractivity contribution in [3.05, 3.63) is 30.0 Å². The molecule has 94 valence electrons. The maximum absolute atomic E-state index is 12.0. The van der Waals surface area contributed by atoms with Crippen molar-refractivity contribution in [1.82, 2.24) is 10.2 Å². The molecular weight excluding hydrogens is 228 g/mol. The summed E-state index contributed by atoms with van der Waals surface area (Å²) in [6, 6.07) is 5.53. The van der Waals surface area contributed by atoms with Crippen molar-refractivity contribution in [1.29, 1.82) is 0 Å². The second kappa shape index (κ2) is 4.80. The van der Waals surface area contributed by atoms with Gasteiger partial charge in [0.1, 0.15) is 0 Å². The molecule has 0 radical (unpaired) electrons. The Morgan fingerprint density at radius 3 is 3.06 bits per heavy atom. The Bertz CT molecular complexity index is 556. The number of benzene rings is 1. The third-order valence-electron chi connectivity index (χ3n) is 3.63. The summed E-state index contributed by atoms with van der Waals surface area (Å²) in [4.78, 5) is 12.0. The van der Waals surface area contributed by atoms with E-state index in [0.29, 0.717) is 18.1 Å². The average Bonchev–Trinajstić information content (AvgIpc) is 3.05. The number of nitrogens with zero attached hydrogens (tertiary/aromatic N) is 1. The van der Waals surface area contributed by atoms with Gasteiger partial charge in [0.25, 0.3) is 0 Å². The second-order valence-electron chi connectivity index (χ2n) is 4.89. The molecule has 1 saturated carbocycles. The summed E-state index contributed by atoms with van der Waals surface area (Å²) >= 11 is 0. The lowest BCUT2D eigenvalue weighted by molar-refractivity contribution is 0.0445. The van der Waals surface area contributed by atoms with Crippen LogP contribution in [0.5, 0.6) is 0 Å². The van der Waals surface area contributed by atoms with E-state index in [1.165, 1.54) is 25.7 Å². The van der Waals surface area contributed by atoms with Gasteiger partial charge in [-0.1, -0.05) is 18.9 Å². The zero-order valence-corrected chi connectivity index (χ0v) is 10.2. The van der Waals surface area contributed by atoms with Crippen molar-refractivity contribution >= 4 is 16.9 Å². The Balaban J connectivity index is 1.73. The van der Waals surface area contributed by atoms with Crippen LogP contribution in [0.4, 0.5) is 0 Å². The topological polar surface area (TPSA) is 55.0 Å². The summed E-state index contributed by atoms with van der Waals surface area (Å²) in [5, 5.41) is 7.63. The van der Waals surface area contributed by atoms with Crippen LogP contribution in [0.25, 0.3) is 10.9 Å². The number of carbonyl (C=O) groups is 1. The van der Waals surface area contributed by atoms with Crippen LogP contribution in [0.1, 0.15) is 36.0 Å². The van der Waals surface area contributed by atoms with Gasteiger partial charge in [-0.05, 0) is 30.9 Å². The minimum absolute atomic E-state index is 0.242. The molecule has 0 amide bonds. The molecular formula is C14H16N2O2. The Hall–Kier alpha value is -1.84. The smallest absolute Gasteiger partial charge is 0.338 e. The Kier molecular flexibility index (Phi) is 3.00. The zero-order chi connectivity index (χ0) is 12.4. The van der Waals surface area contributed by atoms with Crippen LogP contribution in [-0.4, -0.2) is 22.8 Å². The second-order valence-corrected chi connectivity index (χ2v) is 4.89. The Morgan fingerprint density at radius 1 is 1.39 bits per heavy atom. The predicted octanol–water partition coefficient (Wildman–Crippen LogP) is 2.91. The highest BCUT2D eigenvalue weighted by molar-refractivity contribution is 6.03. The van der Waals surface area contributed by atoms with Crippen molar-refractivity contribution < 1.29 is 9.53 Å². The maximum Gasteiger partial charge on any atom is 0.338 e. The number of aromatic amines is 1. The van der Waals surface area contributed by atoms with Crippen LogP contribution in [0.15, 0.2) is 24.4 Å². The summed E-state index contributed by atoms with van der Waals surface area (Å²) in [6.45, 7) is 0.549. The van der Waals surface area contributed by atoms with Gasteiger partial charge in [0.2, 0.25) is 0 Å². The first-order chi connectivity index (χ1) is 8.84. The molecule has 0 atom stereocenters. The van der Waals surface area contributed by atoms with E-state index in [4.69, 9.17) is 4.74 Å². The van der Waals surface area contributed by atoms with Crippen LogP contribution in [0.2, 0.25) is 0 Å². The molecule has 4 heteroatoms. The fourth-order valence-electron chi connectivity index (χ4n) is 2.59. The molecule has 0 bridgehead atoms. The minimum atomic E-state index is -0.242. The molecule has 0 saturated heterocycles. The normalized spacial score (nSPS) is 16.2. The molecule has 0 spiro atoms. The lowest BCUT2D eigenvalue weighted by atomic mass is 10.1. The Labute approximate surface area is 105 Å². The van der Waals surface area contributed by atoms with Crippen LogP contribution in [-0.2, 0) is 4.74 Å². The van der Waals surface area contributed by atoms with E-state index in [9.17, 15) is 4.79 Å². The van der Waals surface area contributed by atoms with E-state index in [-0.39, 0.29) is 5.97 Å². The molecule has 1 N–H and O–H groups in total. The van der Waals surface area contributed by atoms with Crippen LogP contribution < -0.4 is 0 Å². The van der Waals surface area contributed by atoms with E-state index in [1.807, 2.05) is 12.1 Å². The molecule has 0 unspecified atom stereocenters. The number of fused-ring (bicyclic) bond motifs is 1. The monoisotopic (exact) mass is 244 g/mol. The highest BCUT2D eigenvalue weighted by Gasteiger charge is 2.18. The van der Waals surface area contributed by atoms with Crippen molar-refractivity contribution in [3.63, 3.8) is 0 Å². The lowest BCUT2D eigenvalue weighted by Crippen LogP contribution is -2.12. The van der Waals surface area contributed by atoms with Crippen LogP contribution in [0.3, 0.4) is 0 Å². The molecule has 1 aromatic heterocycles. The maximum atomic E-state index is 12.0. The minimum Gasteiger partial charge on any atom is -0.462 e. The first-order valence-corrected chi connectivity index (χ1v) is 6.44. The number of carbonyl (C=O) groups excluding carboxylic acids is 1. The first-order valence-electron chi connectivity index (χ1n) is 6.44. The number of H-pyrrole nitrogens is 1. The quantitative estimate of drug-likeness (QED) is 0.844. The highest BCUT2D eigenvalue weighted by atomic mass is 16.5. The molecule has 2 aromatic rings. The fraction of sp³-hybridized carbons (Fsp3) is 0.429. The molecule has 1 fully saturated rings.